The van der Waals surface area contributed by atoms with Crippen molar-refractivity contribution in [3.05, 3.63) is 108 Å². The van der Waals surface area contributed by atoms with E-state index in [4.69, 9.17) is 9.47 Å². The van der Waals surface area contributed by atoms with Gasteiger partial charge in [-0.15, -0.1) is 6.58 Å². The Morgan fingerprint density at radius 1 is 1.00 bits per heavy atom. The molecule has 6 aliphatic rings. The number of aliphatic hydroxyl groups is 1. The van der Waals surface area contributed by atoms with Gasteiger partial charge in [0.2, 0.25) is 0 Å². The fourth-order valence-electron chi connectivity index (χ4n) is 11.3. The number of benzene rings is 3. The molecule has 8 atom stereocenters. The summed E-state index contributed by atoms with van der Waals surface area (Å²) in [5.74, 6) is 2.46. The maximum Gasteiger partial charge on any atom is 0.165 e. The zero-order chi connectivity index (χ0) is 28.7. The first-order valence-electron chi connectivity index (χ1n) is 15.9. The van der Waals surface area contributed by atoms with Gasteiger partial charge in [-0.1, -0.05) is 93.6 Å². The van der Waals surface area contributed by atoms with Crippen LogP contribution in [0.1, 0.15) is 55.9 Å². The summed E-state index contributed by atoms with van der Waals surface area (Å²) >= 11 is 0. The number of hydrogen-bond acceptors (Lipinski definition) is 4. The van der Waals surface area contributed by atoms with Crippen LogP contribution >= 0.6 is 0 Å². The maximum atomic E-state index is 12.2. The molecule has 4 fully saturated rings. The molecular formula is C38H41NO3. The summed E-state index contributed by atoms with van der Waals surface area (Å²) in [5, 5.41) is 12.2. The van der Waals surface area contributed by atoms with Crippen LogP contribution in [0.2, 0.25) is 0 Å². The lowest BCUT2D eigenvalue weighted by Crippen LogP contribution is -2.70. The number of piperidine rings is 1. The standard InChI is InChI=1S/C38H41NO3/c1-5-36-28-20-26-16-17-27(41-22-25-14-10-7-11-15-25)30-29(26)37(36,18-19-39(28)21-24-12-8-6-9-13-24)33(42-30)35-23-38(40,34(2,3)4)32(35)31(35)36/h5-17,28,31-33,40H,1,18-23H2,2-4H3/t28-,31?,32+,33+,35+,36+,37+,38+/m1/s1. The molecule has 42 heavy (non-hydrogen) atoms. The van der Waals surface area contributed by atoms with Crippen LogP contribution in [-0.4, -0.2) is 34.3 Å². The highest BCUT2D eigenvalue weighted by Gasteiger charge is 2.99. The van der Waals surface area contributed by atoms with E-state index in [9.17, 15) is 5.11 Å². The van der Waals surface area contributed by atoms with Gasteiger partial charge in [-0.2, -0.15) is 0 Å². The Bertz CT molecular complexity index is 1610. The molecule has 2 aliphatic heterocycles. The molecule has 0 amide bonds. The average molecular weight is 560 g/mol. The summed E-state index contributed by atoms with van der Waals surface area (Å²) < 4.78 is 13.8. The van der Waals surface area contributed by atoms with Crippen molar-refractivity contribution in [1.29, 1.82) is 0 Å². The Labute approximate surface area is 249 Å². The van der Waals surface area contributed by atoms with Gasteiger partial charge < -0.3 is 14.6 Å². The lowest BCUT2D eigenvalue weighted by Gasteiger charge is -2.63. The van der Waals surface area contributed by atoms with Crippen molar-refractivity contribution in [2.45, 2.75) is 76.3 Å². The van der Waals surface area contributed by atoms with Crippen molar-refractivity contribution < 1.29 is 14.6 Å². The molecule has 3 aromatic carbocycles. The van der Waals surface area contributed by atoms with Gasteiger partial charge >= 0.3 is 0 Å². The SMILES string of the molecule is C=C[C@]12C3[C@H]4[C@@]3(C[C@@]4(O)C(C)(C)C)[C@@H]3Oc4c(OCc5ccccc5)ccc5c4[C@@]31CCN(Cc1ccccc1)[C@@H]2C5. The highest BCUT2D eigenvalue weighted by molar-refractivity contribution is 5.68. The monoisotopic (exact) mass is 559 g/mol. The number of nitrogens with zero attached hydrogens (tertiary/aromatic N) is 1. The van der Waals surface area contributed by atoms with E-state index in [0.29, 0.717) is 18.6 Å². The molecule has 2 spiro atoms. The van der Waals surface area contributed by atoms with Gasteiger partial charge in [0, 0.05) is 40.3 Å². The van der Waals surface area contributed by atoms with Crippen molar-refractivity contribution in [2.24, 2.45) is 28.1 Å². The van der Waals surface area contributed by atoms with E-state index in [-0.39, 0.29) is 33.7 Å². The lowest BCUT2D eigenvalue weighted by atomic mass is 9.45. The topological polar surface area (TPSA) is 41.9 Å². The van der Waals surface area contributed by atoms with Crippen LogP contribution in [0, 0.1) is 28.1 Å². The van der Waals surface area contributed by atoms with E-state index < -0.39 is 5.60 Å². The molecule has 2 heterocycles. The van der Waals surface area contributed by atoms with E-state index in [2.05, 4.69) is 105 Å². The Kier molecular flexibility index (Phi) is 4.78. The van der Waals surface area contributed by atoms with Crippen LogP contribution < -0.4 is 9.47 Å². The molecule has 4 aliphatic carbocycles. The predicted molar refractivity (Wildman–Crippen MR) is 163 cm³/mol. The first-order valence-corrected chi connectivity index (χ1v) is 15.9. The second-order valence-electron chi connectivity index (χ2n) is 15.2. The second kappa shape index (κ2) is 7.89. The Morgan fingerprint density at radius 2 is 1.71 bits per heavy atom. The summed E-state index contributed by atoms with van der Waals surface area (Å²) in [6.07, 6.45) is 5.24. The maximum absolute atomic E-state index is 12.2. The number of likely N-dealkylation sites (tertiary alicyclic amines) is 1. The first-order chi connectivity index (χ1) is 20.2. The Balaban J connectivity index is 1.19. The minimum absolute atomic E-state index is 0.00540. The largest absolute Gasteiger partial charge is 0.485 e. The average Bonchev–Trinajstić information content (AvgIpc) is 3.27. The van der Waals surface area contributed by atoms with Crippen LogP contribution in [0.15, 0.2) is 85.5 Å². The van der Waals surface area contributed by atoms with Gasteiger partial charge in [0.15, 0.2) is 11.5 Å². The van der Waals surface area contributed by atoms with Crippen molar-refractivity contribution in [1.82, 2.24) is 4.90 Å². The Hall–Kier alpha value is -3.08. The van der Waals surface area contributed by atoms with Crippen molar-refractivity contribution >= 4 is 0 Å². The molecule has 0 aromatic heterocycles. The number of ether oxygens (including phenoxy) is 2. The first kappa shape index (κ1) is 25.4. The minimum Gasteiger partial charge on any atom is -0.485 e. The van der Waals surface area contributed by atoms with E-state index in [0.717, 1.165) is 49.4 Å². The van der Waals surface area contributed by atoms with Gasteiger partial charge in [-0.3, -0.25) is 4.90 Å². The fourth-order valence-corrected chi connectivity index (χ4v) is 11.3. The highest BCUT2D eigenvalue weighted by Crippen LogP contribution is 2.95. The second-order valence-corrected chi connectivity index (χ2v) is 15.2. The zero-order valence-electron chi connectivity index (χ0n) is 25.0. The normalized spacial score (nSPS) is 39.8. The third-order valence-electron chi connectivity index (χ3n) is 12.9. The molecule has 0 radical (unpaired) electrons. The third kappa shape index (κ3) is 2.66. The van der Waals surface area contributed by atoms with Crippen LogP contribution in [0.3, 0.4) is 0 Å². The highest BCUT2D eigenvalue weighted by atomic mass is 16.5. The molecule has 1 N–H and O–H groups in total. The van der Waals surface area contributed by atoms with Crippen LogP contribution in [0.5, 0.6) is 11.5 Å². The summed E-state index contributed by atoms with van der Waals surface area (Å²) in [4.78, 5) is 2.74. The minimum atomic E-state index is -0.682. The molecule has 216 valence electrons. The van der Waals surface area contributed by atoms with Gasteiger partial charge in [0.05, 0.1) is 5.60 Å². The van der Waals surface area contributed by atoms with Crippen LogP contribution in [0.25, 0.3) is 0 Å². The molecule has 3 aromatic rings. The predicted octanol–water partition coefficient (Wildman–Crippen LogP) is 6.69. The van der Waals surface area contributed by atoms with E-state index >= 15 is 0 Å². The number of hydrogen-bond donors (Lipinski definition) is 1. The van der Waals surface area contributed by atoms with Gasteiger partial charge in [-0.05, 0) is 59.9 Å². The van der Waals surface area contributed by atoms with E-state index in [1.165, 1.54) is 16.7 Å². The summed E-state index contributed by atoms with van der Waals surface area (Å²) in [5.41, 5.74) is 4.19. The molecule has 4 heteroatoms. The van der Waals surface area contributed by atoms with Crippen molar-refractivity contribution in [3.8, 4) is 11.5 Å². The van der Waals surface area contributed by atoms with Gasteiger partial charge in [0.1, 0.15) is 12.7 Å². The molecule has 3 saturated carbocycles. The van der Waals surface area contributed by atoms with Gasteiger partial charge in [0.25, 0.3) is 0 Å². The van der Waals surface area contributed by atoms with Gasteiger partial charge in [-0.25, -0.2) is 0 Å². The quantitative estimate of drug-likeness (QED) is 0.342. The molecule has 9 rings (SSSR count). The van der Waals surface area contributed by atoms with Crippen molar-refractivity contribution in [3.63, 3.8) is 0 Å². The van der Waals surface area contributed by atoms with E-state index in [1.54, 1.807) is 0 Å². The molecule has 1 saturated heterocycles. The smallest absolute Gasteiger partial charge is 0.165 e. The lowest BCUT2D eigenvalue weighted by molar-refractivity contribution is -0.191. The van der Waals surface area contributed by atoms with Crippen molar-refractivity contribution in [2.75, 3.05) is 6.54 Å². The zero-order valence-corrected chi connectivity index (χ0v) is 25.0. The number of rotatable bonds is 6. The van der Waals surface area contributed by atoms with Crippen LogP contribution in [0.4, 0.5) is 0 Å². The molecule has 1 unspecified atom stereocenters. The Morgan fingerprint density at radius 3 is 2.40 bits per heavy atom. The molecular weight excluding hydrogens is 518 g/mol. The molecule has 2 bridgehead atoms. The molecule has 4 nitrogen and oxygen atoms in total. The van der Waals surface area contributed by atoms with E-state index in [1.807, 2.05) is 6.07 Å². The fraction of sp³-hybridized carbons (Fsp3) is 0.474. The summed E-state index contributed by atoms with van der Waals surface area (Å²) in [7, 11) is 0. The summed E-state index contributed by atoms with van der Waals surface area (Å²) in [6.45, 7) is 13.8. The summed E-state index contributed by atoms with van der Waals surface area (Å²) in [6, 6.07) is 26.1. The number of fused-ring (bicyclic) bond motifs is 1. The third-order valence-corrected chi connectivity index (χ3v) is 12.9. The van der Waals surface area contributed by atoms with Crippen LogP contribution in [-0.2, 0) is 25.0 Å².